The Hall–Kier alpha value is -0.830. The molecule has 0 saturated carbocycles. The molecule has 2 N–H and O–H groups in total. The maximum atomic E-state index is 4.78. The lowest BCUT2D eigenvalue weighted by Gasteiger charge is -2.35. The predicted molar refractivity (Wildman–Crippen MR) is 116 cm³/mol. The summed E-state index contributed by atoms with van der Waals surface area (Å²) >= 11 is 0. The van der Waals surface area contributed by atoms with Crippen molar-refractivity contribution in [2.45, 2.75) is 59.2 Å². The van der Waals surface area contributed by atoms with Gasteiger partial charge >= 0.3 is 0 Å². The molecule has 0 bridgehead atoms. The molecule has 0 aliphatic carbocycles. The lowest BCUT2D eigenvalue weighted by atomic mass is 10.0. The fourth-order valence-corrected chi connectivity index (χ4v) is 3.11. The average Bonchev–Trinajstić information content (AvgIpc) is 3.06. The number of guanidine groups is 1. The van der Waals surface area contributed by atoms with Crippen LogP contribution in [0, 0.1) is 5.92 Å². The minimum atomic E-state index is 0. The van der Waals surface area contributed by atoms with Crippen LogP contribution in [0.3, 0.4) is 0 Å². The van der Waals surface area contributed by atoms with Crippen LogP contribution in [0.4, 0.5) is 0 Å². The topological polar surface area (TPSA) is 57.5 Å². The summed E-state index contributed by atoms with van der Waals surface area (Å²) in [6.07, 6.45) is 6.20. The van der Waals surface area contributed by atoms with E-state index in [1.165, 1.54) is 25.9 Å². The molecule has 7 heteroatoms. The molecule has 2 rings (SSSR count). The van der Waals surface area contributed by atoms with Crippen molar-refractivity contribution in [3.05, 3.63) is 18.5 Å². The zero-order chi connectivity index (χ0) is 17.4. The van der Waals surface area contributed by atoms with Crippen molar-refractivity contribution in [2.75, 3.05) is 26.2 Å². The molecule has 1 aromatic heterocycles. The first-order chi connectivity index (χ1) is 11.6. The second kappa shape index (κ2) is 11.7. The predicted octanol–water partition coefficient (Wildman–Crippen LogP) is 2.57. The molecule has 6 nitrogen and oxygen atoms in total. The molecule has 0 spiro atoms. The number of likely N-dealkylation sites (tertiary alicyclic amines) is 1. The Labute approximate surface area is 169 Å². The van der Waals surface area contributed by atoms with Gasteiger partial charge in [-0.3, -0.25) is 9.67 Å². The molecule has 1 atom stereocenters. The Morgan fingerprint density at radius 2 is 2.00 bits per heavy atom. The number of aliphatic imine (C=N–C) groups is 1. The molecule has 1 aliphatic rings. The highest BCUT2D eigenvalue weighted by Crippen LogP contribution is 2.12. The standard InChI is InChI=1S/C18H34N6.HI/c1-5-19-18(20-13-16(4)14-24-10-6-9-21-24)22-17-7-11-23(12-8-17)15(2)3;/h6,9-10,15-17H,5,7-8,11-14H2,1-4H3,(H2,19,20,22);1H. The Bertz CT molecular complexity index is 480. The van der Waals surface area contributed by atoms with Gasteiger partial charge in [-0.25, -0.2) is 0 Å². The minimum Gasteiger partial charge on any atom is -0.357 e. The molecule has 1 saturated heterocycles. The Balaban J connectivity index is 0.00000312. The van der Waals surface area contributed by atoms with Crippen LogP contribution in [0.15, 0.2) is 23.5 Å². The van der Waals surface area contributed by atoms with E-state index in [0.717, 1.165) is 25.6 Å². The monoisotopic (exact) mass is 462 g/mol. The van der Waals surface area contributed by atoms with Gasteiger partial charge in [0.2, 0.25) is 0 Å². The molecule has 0 aromatic carbocycles. The average molecular weight is 462 g/mol. The molecule has 1 aliphatic heterocycles. The Kier molecular flexibility index (Phi) is 10.4. The van der Waals surface area contributed by atoms with E-state index in [4.69, 9.17) is 4.99 Å². The highest BCUT2D eigenvalue weighted by atomic mass is 127. The van der Waals surface area contributed by atoms with Gasteiger partial charge in [0, 0.05) is 57.2 Å². The van der Waals surface area contributed by atoms with Crippen molar-refractivity contribution in [3.8, 4) is 0 Å². The van der Waals surface area contributed by atoms with E-state index in [1.54, 1.807) is 0 Å². The third-order valence-electron chi connectivity index (χ3n) is 4.56. The van der Waals surface area contributed by atoms with E-state index in [2.05, 4.69) is 48.3 Å². The molecule has 0 amide bonds. The maximum Gasteiger partial charge on any atom is 0.191 e. The van der Waals surface area contributed by atoms with Crippen LogP contribution in [0.1, 0.15) is 40.5 Å². The molecule has 25 heavy (non-hydrogen) atoms. The van der Waals surface area contributed by atoms with Gasteiger partial charge in [0.1, 0.15) is 0 Å². The molecule has 1 unspecified atom stereocenters. The van der Waals surface area contributed by atoms with Gasteiger partial charge in [0.15, 0.2) is 5.96 Å². The van der Waals surface area contributed by atoms with Gasteiger partial charge in [-0.2, -0.15) is 5.10 Å². The summed E-state index contributed by atoms with van der Waals surface area (Å²) < 4.78 is 1.97. The normalized spacial score (nSPS) is 18.0. The van der Waals surface area contributed by atoms with Gasteiger partial charge in [0.25, 0.3) is 0 Å². The van der Waals surface area contributed by atoms with E-state index in [0.29, 0.717) is 18.0 Å². The first kappa shape index (κ1) is 22.2. The maximum absolute atomic E-state index is 4.78. The molecule has 144 valence electrons. The Morgan fingerprint density at radius 1 is 1.28 bits per heavy atom. The van der Waals surface area contributed by atoms with Crippen LogP contribution in [0.25, 0.3) is 0 Å². The molecule has 1 aromatic rings. The van der Waals surface area contributed by atoms with E-state index in [1.807, 2.05) is 23.1 Å². The van der Waals surface area contributed by atoms with Crippen LogP contribution >= 0.6 is 24.0 Å². The number of halogens is 1. The number of hydrogen-bond donors (Lipinski definition) is 2. The van der Waals surface area contributed by atoms with Gasteiger partial charge in [-0.15, -0.1) is 24.0 Å². The lowest BCUT2D eigenvalue weighted by molar-refractivity contribution is 0.167. The van der Waals surface area contributed by atoms with Crippen LogP contribution < -0.4 is 10.6 Å². The van der Waals surface area contributed by atoms with Crippen LogP contribution in [0.2, 0.25) is 0 Å². The summed E-state index contributed by atoms with van der Waals surface area (Å²) in [6.45, 7) is 13.8. The van der Waals surface area contributed by atoms with Crippen molar-refractivity contribution >= 4 is 29.9 Å². The zero-order valence-electron chi connectivity index (χ0n) is 16.1. The SMILES string of the molecule is CCNC(=NCC(C)Cn1cccn1)NC1CCN(C(C)C)CC1.I. The zero-order valence-corrected chi connectivity index (χ0v) is 18.4. The van der Waals surface area contributed by atoms with E-state index < -0.39 is 0 Å². The van der Waals surface area contributed by atoms with Crippen molar-refractivity contribution in [1.29, 1.82) is 0 Å². The first-order valence-corrected chi connectivity index (χ1v) is 9.34. The molecular weight excluding hydrogens is 427 g/mol. The third-order valence-corrected chi connectivity index (χ3v) is 4.56. The summed E-state index contributed by atoms with van der Waals surface area (Å²) in [5, 5.41) is 11.3. The molecule has 1 fully saturated rings. The summed E-state index contributed by atoms with van der Waals surface area (Å²) in [5.74, 6) is 1.41. The van der Waals surface area contributed by atoms with Gasteiger partial charge in [-0.05, 0) is 45.6 Å². The second-order valence-electron chi connectivity index (χ2n) is 7.10. The van der Waals surface area contributed by atoms with Gasteiger partial charge in [-0.1, -0.05) is 6.92 Å². The first-order valence-electron chi connectivity index (χ1n) is 9.34. The minimum absolute atomic E-state index is 0. The Morgan fingerprint density at radius 3 is 2.56 bits per heavy atom. The summed E-state index contributed by atoms with van der Waals surface area (Å²) in [7, 11) is 0. The number of nitrogens with zero attached hydrogens (tertiary/aromatic N) is 4. The van der Waals surface area contributed by atoms with Crippen molar-refractivity contribution in [1.82, 2.24) is 25.3 Å². The highest BCUT2D eigenvalue weighted by Gasteiger charge is 2.21. The lowest BCUT2D eigenvalue weighted by Crippen LogP contribution is -2.50. The quantitative estimate of drug-likeness (QED) is 0.372. The van der Waals surface area contributed by atoms with Crippen LogP contribution in [-0.4, -0.2) is 58.9 Å². The molecule has 2 heterocycles. The van der Waals surface area contributed by atoms with Crippen LogP contribution in [-0.2, 0) is 6.54 Å². The fourth-order valence-electron chi connectivity index (χ4n) is 3.11. The van der Waals surface area contributed by atoms with Crippen molar-refractivity contribution in [3.63, 3.8) is 0 Å². The number of aromatic nitrogens is 2. The number of piperidine rings is 1. The summed E-state index contributed by atoms with van der Waals surface area (Å²) in [6, 6.07) is 3.14. The molecule has 0 radical (unpaired) electrons. The van der Waals surface area contributed by atoms with Crippen molar-refractivity contribution < 1.29 is 0 Å². The van der Waals surface area contributed by atoms with E-state index >= 15 is 0 Å². The van der Waals surface area contributed by atoms with Crippen molar-refractivity contribution in [2.24, 2.45) is 10.9 Å². The van der Waals surface area contributed by atoms with Crippen LogP contribution in [0.5, 0.6) is 0 Å². The van der Waals surface area contributed by atoms with Gasteiger partial charge < -0.3 is 15.5 Å². The summed E-state index contributed by atoms with van der Waals surface area (Å²) in [4.78, 5) is 7.33. The summed E-state index contributed by atoms with van der Waals surface area (Å²) in [5.41, 5.74) is 0. The second-order valence-corrected chi connectivity index (χ2v) is 7.10. The number of hydrogen-bond acceptors (Lipinski definition) is 3. The highest BCUT2D eigenvalue weighted by molar-refractivity contribution is 14.0. The largest absolute Gasteiger partial charge is 0.357 e. The number of rotatable bonds is 7. The van der Waals surface area contributed by atoms with E-state index in [9.17, 15) is 0 Å². The van der Waals surface area contributed by atoms with E-state index in [-0.39, 0.29) is 24.0 Å². The smallest absolute Gasteiger partial charge is 0.191 e. The third kappa shape index (κ3) is 7.94. The number of nitrogens with one attached hydrogen (secondary N) is 2. The fraction of sp³-hybridized carbons (Fsp3) is 0.778. The van der Waals surface area contributed by atoms with Gasteiger partial charge in [0.05, 0.1) is 0 Å². The molecular formula is C18H35IN6.